The summed E-state index contributed by atoms with van der Waals surface area (Å²) in [7, 11) is 0. The third-order valence-electron chi connectivity index (χ3n) is 6.37. The Labute approximate surface area is 180 Å². The van der Waals surface area contributed by atoms with E-state index < -0.39 is 17.2 Å². The Morgan fingerprint density at radius 3 is 2.68 bits per heavy atom. The predicted molar refractivity (Wildman–Crippen MR) is 109 cm³/mol. The smallest absolute Gasteiger partial charge is 0.381 e. The molecule has 6 nitrogen and oxygen atoms in total. The number of halogens is 3. The molecule has 0 saturated carbocycles. The Bertz CT molecular complexity index is 779. The second kappa shape index (κ2) is 9.99. The molecule has 3 N–H and O–H groups in total. The highest BCUT2D eigenvalue weighted by atomic mass is 19.4. The molecule has 2 amide bonds. The van der Waals surface area contributed by atoms with E-state index in [0.717, 1.165) is 38.1 Å². The Morgan fingerprint density at radius 1 is 1.26 bits per heavy atom. The molecule has 0 spiro atoms. The largest absolute Gasteiger partial charge is 0.416 e. The minimum absolute atomic E-state index is 0.130. The summed E-state index contributed by atoms with van der Waals surface area (Å²) in [6.45, 7) is 3.32. The fourth-order valence-corrected chi connectivity index (χ4v) is 4.52. The average molecular weight is 441 g/mol. The molecule has 0 aliphatic carbocycles. The van der Waals surface area contributed by atoms with Gasteiger partial charge in [-0.25, -0.2) is 0 Å². The Morgan fingerprint density at radius 2 is 2.00 bits per heavy atom. The fourth-order valence-electron chi connectivity index (χ4n) is 4.52. The number of nitrogens with two attached hydrogens (primary N) is 1. The molecule has 2 heterocycles. The van der Waals surface area contributed by atoms with E-state index in [0.29, 0.717) is 51.1 Å². The zero-order valence-corrected chi connectivity index (χ0v) is 17.5. The molecule has 1 aromatic carbocycles. The molecule has 1 atom stereocenters. The lowest BCUT2D eigenvalue weighted by Gasteiger charge is -2.36. The molecule has 1 aromatic rings. The van der Waals surface area contributed by atoms with Crippen LogP contribution in [0.3, 0.4) is 0 Å². The Balaban J connectivity index is 1.61. The van der Waals surface area contributed by atoms with Crippen molar-refractivity contribution in [2.24, 2.45) is 11.7 Å². The van der Waals surface area contributed by atoms with Gasteiger partial charge in [0.05, 0.1) is 16.9 Å². The van der Waals surface area contributed by atoms with Crippen molar-refractivity contribution in [1.29, 1.82) is 0 Å². The van der Waals surface area contributed by atoms with Gasteiger partial charge >= 0.3 is 6.18 Å². The van der Waals surface area contributed by atoms with Crippen molar-refractivity contribution in [3.8, 4) is 0 Å². The Hall–Kier alpha value is -2.13. The summed E-state index contributed by atoms with van der Waals surface area (Å²) >= 11 is 0. The number of nitrogens with zero attached hydrogens (tertiary/aromatic N) is 1. The molecule has 0 bridgehead atoms. The van der Waals surface area contributed by atoms with Gasteiger partial charge < -0.3 is 20.7 Å². The number of alkyl halides is 3. The summed E-state index contributed by atoms with van der Waals surface area (Å²) in [5.41, 5.74) is 4.01. The maximum Gasteiger partial charge on any atom is 0.416 e. The monoisotopic (exact) mass is 441 g/mol. The van der Waals surface area contributed by atoms with Crippen LogP contribution in [0.1, 0.15) is 43.2 Å². The third-order valence-corrected chi connectivity index (χ3v) is 6.37. The van der Waals surface area contributed by atoms with E-state index >= 15 is 0 Å². The normalized spacial score (nSPS) is 22.1. The first-order valence-corrected chi connectivity index (χ1v) is 10.8. The van der Waals surface area contributed by atoms with Gasteiger partial charge in [-0.2, -0.15) is 13.2 Å². The number of benzene rings is 1. The summed E-state index contributed by atoms with van der Waals surface area (Å²) in [5, 5.41) is 2.93. The van der Waals surface area contributed by atoms with Gasteiger partial charge in [0, 0.05) is 26.3 Å². The highest BCUT2D eigenvalue weighted by Crippen LogP contribution is 2.38. The molecule has 0 aromatic heterocycles. The minimum Gasteiger partial charge on any atom is -0.381 e. The lowest BCUT2D eigenvalue weighted by atomic mass is 9.73. The molecule has 172 valence electrons. The molecule has 9 heteroatoms. The molecule has 0 radical (unpaired) electrons. The highest BCUT2D eigenvalue weighted by Gasteiger charge is 2.43. The number of amides is 2. The van der Waals surface area contributed by atoms with Crippen molar-refractivity contribution in [2.45, 2.75) is 43.7 Å². The van der Waals surface area contributed by atoms with E-state index in [2.05, 4.69) is 10.2 Å². The number of hydrogen-bond donors (Lipinski definition) is 2. The molecule has 2 fully saturated rings. The van der Waals surface area contributed by atoms with Crippen LogP contribution in [0.4, 0.5) is 13.2 Å². The van der Waals surface area contributed by atoms with Gasteiger partial charge in [-0.3, -0.25) is 9.59 Å². The summed E-state index contributed by atoms with van der Waals surface area (Å²) < 4.78 is 45.0. The first-order chi connectivity index (χ1) is 14.7. The lowest BCUT2D eigenvalue weighted by molar-refractivity contribution is -0.138. The number of carbonyl (C=O) groups excluding carboxylic acids is 2. The third kappa shape index (κ3) is 5.77. The van der Waals surface area contributed by atoms with E-state index in [1.54, 1.807) is 6.07 Å². The van der Waals surface area contributed by atoms with Gasteiger partial charge in [0.2, 0.25) is 11.8 Å². The molecule has 2 aliphatic heterocycles. The van der Waals surface area contributed by atoms with Crippen molar-refractivity contribution < 1.29 is 27.5 Å². The molecule has 31 heavy (non-hydrogen) atoms. The molecular weight excluding hydrogens is 411 g/mol. The van der Waals surface area contributed by atoms with Crippen LogP contribution in [0, 0.1) is 5.92 Å². The first-order valence-electron chi connectivity index (χ1n) is 10.8. The number of ether oxygens (including phenoxy) is 1. The molecule has 2 saturated heterocycles. The van der Waals surface area contributed by atoms with Crippen LogP contribution >= 0.6 is 0 Å². The zero-order chi connectivity index (χ0) is 22.5. The topological polar surface area (TPSA) is 84.7 Å². The maximum absolute atomic E-state index is 13.2. The van der Waals surface area contributed by atoms with E-state index in [9.17, 15) is 22.8 Å². The number of nitrogens with one attached hydrogen (secondary N) is 1. The minimum atomic E-state index is -4.46. The summed E-state index contributed by atoms with van der Waals surface area (Å²) in [5.74, 6) is -0.668. The average Bonchev–Trinajstić information content (AvgIpc) is 2.76. The van der Waals surface area contributed by atoms with Gasteiger partial charge in [-0.05, 0) is 56.8 Å². The molecular formula is C22H30F3N3O3. The van der Waals surface area contributed by atoms with Crippen molar-refractivity contribution in [2.75, 3.05) is 39.4 Å². The molecule has 3 rings (SSSR count). The number of likely N-dealkylation sites (tertiary alicyclic amines) is 1. The van der Waals surface area contributed by atoms with Crippen LogP contribution < -0.4 is 11.1 Å². The van der Waals surface area contributed by atoms with E-state index in [1.165, 1.54) is 6.07 Å². The highest BCUT2D eigenvalue weighted by molar-refractivity contribution is 5.88. The van der Waals surface area contributed by atoms with Gasteiger partial charge in [0.1, 0.15) is 0 Å². The van der Waals surface area contributed by atoms with Gasteiger partial charge in [-0.15, -0.1) is 0 Å². The second-order valence-corrected chi connectivity index (χ2v) is 8.42. The Kier molecular flexibility index (Phi) is 7.59. The van der Waals surface area contributed by atoms with Gasteiger partial charge in [0.25, 0.3) is 0 Å². The van der Waals surface area contributed by atoms with E-state index in [-0.39, 0.29) is 17.7 Å². The lowest BCUT2D eigenvalue weighted by Crippen LogP contribution is -2.48. The van der Waals surface area contributed by atoms with Crippen LogP contribution in [-0.2, 0) is 25.9 Å². The SMILES string of the molecule is NC(=O)C1CCCN(CCCNC(=O)C2(c3cccc(C(F)(F)F)c3)CCOCC2)C1. The number of carbonyl (C=O) groups is 2. The van der Waals surface area contributed by atoms with Crippen molar-refractivity contribution in [3.63, 3.8) is 0 Å². The van der Waals surface area contributed by atoms with Crippen LogP contribution in [0.5, 0.6) is 0 Å². The number of primary amides is 1. The van der Waals surface area contributed by atoms with Gasteiger partial charge in [-0.1, -0.05) is 18.2 Å². The van der Waals surface area contributed by atoms with Crippen LogP contribution in [0.25, 0.3) is 0 Å². The predicted octanol–water partition coefficient (Wildman–Crippen LogP) is 2.46. The number of rotatable bonds is 7. The van der Waals surface area contributed by atoms with E-state index in [4.69, 9.17) is 10.5 Å². The van der Waals surface area contributed by atoms with Crippen LogP contribution in [-0.4, -0.2) is 56.1 Å². The maximum atomic E-state index is 13.2. The van der Waals surface area contributed by atoms with Gasteiger partial charge in [0.15, 0.2) is 0 Å². The second-order valence-electron chi connectivity index (χ2n) is 8.42. The molecule has 1 unspecified atom stereocenters. The number of hydrogen-bond acceptors (Lipinski definition) is 4. The first kappa shape index (κ1) is 23.5. The van der Waals surface area contributed by atoms with E-state index in [1.807, 2.05) is 0 Å². The summed E-state index contributed by atoms with van der Waals surface area (Å²) in [6, 6.07) is 5.06. The quantitative estimate of drug-likeness (QED) is 0.637. The summed E-state index contributed by atoms with van der Waals surface area (Å²) in [6.07, 6.45) is -1.37. The van der Waals surface area contributed by atoms with Crippen LogP contribution in [0.2, 0.25) is 0 Å². The fraction of sp³-hybridized carbons (Fsp3) is 0.636. The van der Waals surface area contributed by atoms with Crippen molar-refractivity contribution >= 4 is 11.8 Å². The summed E-state index contributed by atoms with van der Waals surface area (Å²) in [4.78, 5) is 26.7. The van der Waals surface area contributed by atoms with Crippen molar-refractivity contribution in [3.05, 3.63) is 35.4 Å². The zero-order valence-electron chi connectivity index (χ0n) is 17.5. The van der Waals surface area contributed by atoms with Crippen molar-refractivity contribution in [1.82, 2.24) is 10.2 Å². The van der Waals surface area contributed by atoms with Crippen LogP contribution in [0.15, 0.2) is 24.3 Å². The standard InChI is InChI=1S/C22H30F3N3O3/c23-22(24,25)18-6-1-5-17(14-18)21(7-12-31-13-8-21)20(30)27-9-3-11-28-10-2-4-16(15-28)19(26)29/h1,5-6,14,16H,2-4,7-13,15H2,(H2,26,29)(H,27,30). The molecule has 2 aliphatic rings. The number of piperidine rings is 1.